The molecule has 1 aromatic carbocycles. The number of likely N-dealkylation sites (tertiary alicyclic amines) is 1. The van der Waals surface area contributed by atoms with Crippen LogP contribution in [0.2, 0.25) is 0 Å². The maximum absolute atomic E-state index is 12.2. The summed E-state index contributed by atoms with van der Waals surface area (Å²) in [6.07, 6.45) is 4.85. The molecule has 2 N–H and O–H groups in total. The summed E-state index contributed by atoms with van der Waals surface area (Å²) >= 11 is 0. The standard InChI is InChI=1S/C19H26N4O3/c1-15-5-3-6-17(9-15)26-14-19(25)7-4-8-23(13-19)12-18(24)21-16-10-20-22(2)11-16/h3,5-6,9-11,25H,4,7-8,12-14H2,1-2H3,(H,21,24)/t19-/m1/s1. The zero-order valence-electron chi connectivity index (χ0n) is 15.3. The summed E-state index contributed by atoms with van der Waals surface area (Å²) in [5, 5.41) is 17.7. The van der Waals surface area contributed by atoms with Crippen LogP contribution in [0.5, 0.6) is 5.75 Å². The minimum absolute atomic E-state index is 0.109. The molecule has 1 aromatic heterocycles. The molecule has 2 aromatic rings. The van der Waals surface area contributed by atoms with E-state index >= 15 is 0 Å². The highest BCUT2D eigenvalue weighted by Gasteiger charge is 2.34. The first kappa shape index (κ1) is 18.4. The largest absolute Gasteiger partial charge is 0.491 e. The van der Waals surface area contributed by atoms with Gasteiger partial charge in [0.05, 0.1) is 18.4 Å². The first-order chi connectivity index (χ1) is 12.4. The van der Waals surface area contributed by atoms with Crippen molar-refractivity contribution >= 4 is 11.6 Å². The van der Waals surface area contributed by atoms with Crippen molar-refractivity contribution in [3.63, 3.8) is 0 Å². The molecule has 1 fully saturated rings. The maximum Gasteiger partial charge on any atom is 0.238 e. The molecule has 1 aliphatic heterocycles. The highest BCUT2D eigenvalue weighted by Crippen LogP contribution is 2.23. The molecule has 0 radical (unpaired) electrons. The van der Waals surface area contributed by atoms with E-state index < -0.39 is 5.60 Å². The normalized spacial score (nSPS) is 20.7. The molecular formula is C19H26N4O3. The molecule has 0 unspecified atom stereocenters. The summed E-state index contributed by atoms with van der Waals surface area (Å²) < 4.78 is 7.43. The Morgan fingerprint density at radius 1 is 1.46 bits per heavy atom. The minimum atomic E-state index is -0.948. The predicted molar refractivity (Wildman–Crippen MR) is 99.1 cm³/mol. The zero-order valence-corrected chi connectivity index (χ0v) is 15.3. The van der Waals surface area contributed by atoms with Crippen molar-refractivity contribution < 1.29 is 14.6 Å². The number of piperidine rings is 1. The summed E-state index contributed by atoms with van der Waals surface area (Å²) in [6.45, 7) is 3.66. The fraction of sp³-hybridized carbons (Fsp3) is 0.474. The maximum atomic E-state index is 12.2. The molecule has 1 amide bonds. The van der Waals surface area contributed by atoms with Crippen LogP contribution < -0.4 is 10.1 Å². The Morgan fingerprint density at radius 3 is 3.04 bits per heavy atom. The van der Waals surface area contributed by atoms with Gasteiger partial charge in [-0.1, -0.05) is 12.1 Å². The molecule has 3 rings (SSSR count). The lowest BCUT2D eigenvalue weighted by Gasteiger charge is -2.38. The average Bonchev–Trinajstić information content (AvgIpc) is 2.98. The average molecular weight is 358 g/mol. The fourth-order valence-corrected chi connectivity index (χ4v) is 3.27. The first-order valence-electron chi connectivity index (χ1n) is 8.85. The summed E-state index contributed by atoms with van der Waals surface area (Å²) in [7, 11) is 1.80. The van der Waals surface area contributed by atoms with Gasteiger partial charge in [-0.05, 0) is 44.0 Å². The second kappa shape index (κ2) is 7.88. The quantitative estimate of drug-likeness (QED) is 0.819. The Hall–Kier alpha value is -2.38. The van der Waals surface area contributed by atoms with Crippen molar-refractivity contribution in [1.82, 2.24) is 14.7 Å². The Kier molecular flexibility index (Phi) is 5.58. The summed E-state index contributed by atoms with van der Waals surface area (Å²) in [5.74, 6) is 0.645. The van der Waals surface area contributed by atoms with Crippen LogP contribution in [0.4, 0.5) is 5.69 Å². The number of nitrogens with zero attached hydrogens (tertiary/aromatic N) is 3. The van der Waals surface area contributed by atoms with E-state index in [1.165, 1.54) is 0 Å². The zero-order chi connectivity index (χ0) is 18.6. The number of rotatable bonds is 6. The molecule has 0 bridgehead atoms. The molecule has 2 heterocycles. The van der Waals surface area contributed by atoms with Gasteiger partial charge in [0.15, 0.2) is 0 Å². The van der Waals surface area contributed by atoms with Gasteiger partial charge in [0.1, 0.15) is 18.0 Å². The number of amides is 1. The van der Waals surface area contributed by atoms with Crippen molar-refractivity contribution in [3.8, 4) is 5.75 Å². The molecule has 1 atom stereocenters. The third-order valence-electron chi connectivity index (χ3n) is 4.49. The molecule has 0 aliphatic carbocycles. The third kappa shape index (κ3) is 5.06. The number of hydrogen-bond donors (Lipinski definition) is 2. The molecule has 0 saturated carbocycles. The third-order valence-corrected chi connectivity index (χ3v) is 4.49. The SMILES string of the molecule is Cc1cccc(OC[C@@]2(O)CCCN(CC(=O)Nc3cnn(C)c3)C2)c1. The molecule has 26 heavy (non-hydrogen) atoms. The Balaban J connectivity index is 1.51. The molecule has 1 aliphatic rings. The van der Waals surface area contributed by atoms with Crippen molar-refractivity contribution in [1.29, 1.82) is 0 Å². The fourth-order valence-electron chi connectivity index (χ4n) is 3.27. The number of aromatic nitrogens is 2. The van der Waals surface area contributed by atoms with Crippen LogP contribution in [0.1, 0.15) is 18.4 Å². The first-order valence-corrected chi connectivity index (χ1v) is 8.85. The van der Waals surface area contributed by atoms with Gasteiger partial charge >= 0.3 is 0 Å². The van der Waals surface area contributed by atoms with E-state index in [0.717, 1.165) is 24.3 Å². The van der Waals surface area contributed by atoms with Gasteiger partial charge in [-0.2, -0.15) is 5.10 Å². The van der Waals surface area contributed by atoms with Gasteiger partial charge in [-0.3, -0.25) is 14.4 Å². The molecule has 1 saturated heterocycles. The molecule has 0 spiro atoms. The molecule has 7 heteroatoms. The number of carbonyl (C=O) groups is 1. The lowest BCUT2D eigenvalue weighted by molar-refractivity contribution is -0.119. The molecule has 140 valence electrons. The Morgan fingerprint density at radius 2 is 2.31 bits per heavy atom. The van der Waals surface area contributed by atoms with Crippen LogP contribution >= 0.6 is 0 Å². The van der Waals surface area contributed by atoms with E-state index in [9.17, 15) is 9.90 Å². The number of β-amino-alcohol motifs (C(OH)–C–C–N with tert-alkyl or cyclic N) is 1. The van der Waals surface area contributed by atoms with Crippen LogP contribution in [0.25, 0.3) is 0 Å². The highest BCUT2D eigenvalue weighted by atomic mass is 16.5. The number of aliphatic hydroxyl groups is 1. The number of anilines is 1. The van der Waals surface area contributed by atoms with E-state index in [2.05, 4.69) is 10.4 Å². The van der Waals surface area contributed by atoms with Crippen LogP contribution in [0, 0.1) is 6.92 Å². The lowest BCUT2D eigenvalue weighted by atomic mass is 9.93. The van der Waals surface area contributed by atoms with E-state index in [0.29, 0.717) is 18.7 Å². The summed E-state index contributed by atoms with van der Waals surface area (Å²) in [4.78, 5) is 14.2. The second-order valence-electron chi connectivity index (χ2n) is 7.09. The van der Waals surface area contributed by atoms with E-state index in [-0.39, 0.29) is 19.1 Å². The smallest absolute Gasteiger partial charge is 0.238 e. The second-order valence-corrected chi connectivity index (χ2v) is 7.09. The Labute approximate surface area is 153 Å². The summed E-state index contributed by atoms with van der Waals surface area (Å²) in [5.41, 5.74) is 0.843. The van der Waals surface area contributed by atoms with Crippen LogP contribution in [-0.2, 0) is 11.8 Å². The molecular weight excluding hydrogens is 332 g/mol. The van der Waals surface area contributed by atoms with E-state index in [4.69, 9.17) is 4.74 Å². The van der Waals surface area contributed by atoms with E-state index in [1.807, 2.05) is 36.1 Å². The van der Waals surface area contributed by atoms with Gasteiger partial charge in [0.25, 0.3) is 0 Å². The topological polar surface area (TPSA) is 79.6 Å². The van der Waals surface area contributed by atoms with Gasteiger partial charge in [-0.25, -0.2) is 0 Å². The number of nitrogens with one attached hydrogen (secondary N) is 1. The number of benzene rings is 1. The van der Waals surface area contributed by atoms with Crippen molar-refractivity contribution in [2.75, 3.05) is 31.6 Å². The number of carbonyl (C=O) groups excluding carboxylic acids is 1. The number of aryl methyl sites for hydroxylation is 2. The van der Waals surface area contributed by atoms with Crippen LogP contribution in [0.15, 0.2) is 36.7 Å². The summed E-state index contributed by atoms with van der Waals surface area (Å²) in [6, 6.07) is 7.78. The van der Waals surface area contributed by atoms with Gasteiger partial charge in [-0.15, -0.1) is 0 Å². The van der Waals surface area contributed by atoms with Crippen LogP contribution in [0.3, 0.4) is 0 Å². The van der Waals surface area contributed by atoms with Gasteiger partial charge in [0.2, 0.25) is 5.91 Å². The number of ether oxygens (including phenoxy) is 1. The highest BCUT2D eigenvalue weighted by molar-refractivity contribution is 5.91. The van der Waals surface area contributed by atoms with Crippen LogP contribution in [-0.4, -0.2) is 57.5 Å². The lowest BCUT2D eigenvalue weighted by Crippen LogP contribution is -2.53. The Bertz CT molecular complexity index is 761. The van der Waals surface area contributed by atoms with E-state index in [1.54, 1.807) is 24.1 Å². The molecule has 7 nitrogen and oxygen atoms in total. The number of hydrogen-bond acceptors (Lipinski definition) is 5. The van der Waals surface area contributed by atoms with Crippen molar-refractivity contribution in [2.45, 2.75) is 25.4 Å². The van der Waals surface area contributed by atoms with Crippen molar-refractivity contribution in [3.05, 3.63) is 42.2 Å². The van der Waals surface area contributed by atoms with Gasteiger partial charge in [0, 0.05) is 19.8 Å². The van der Waals surface area contributed by atoms with Crippen molar-refractivity contribution in [2.24, 2.45) is 7.05 Å². The monoisotopic (exact) mass is 358 g/mol. The predicted octanol–water partition coefficient (Wildman–Crippen LogP) is 1.57. The minimum Gasteiger partial charge on any atom is -0.491 e. The van der Waals surface area contributed by atoms with Gasteiger partial charge < -0.3 is 15.2 Å².